The second-order valence-corrected chi connectivity index (χ2v) is 8.21. The van der Waals surface area contributed by atoms with Crippen LogP contribution in [0.1, 0.15) is 41.9 Å². The highest BCUT2D eigenvalue weighted by Gasteiger charge is 2.32. The third-order valence-electron chi connectivity index (χ3n) is 6.01. The maximum atomic E-state index is 10.3. The number of fused-ring (bicyclic) bond motifs is 2. The summed E-state index contributed by atoms with van der Waals surface area (Å²) in [6.07, 6.45) is 6.00. The van der Waals surface area contributed by atoms with Crippen molar-refractivity contribution in [1.82, 2.24) is 4.98 Å². The molecule has 0 amide bonds. The standard InChI is InChI=1S/C26H23N3O3/c27-25(28)31-16-22-20-13-17(8-11-26(30)9-2-10-26)4-6-23(20)32-24-7-5-18(14-21(22)24)19-3-1-12-29-15-19/h1,3-7,12-15,22,30H,2,9-10,16H2,(H3,27,28). The number of nitrogens with one attached hydrogen (secondary N) is 1. The zero-order valence-electron chi connectivity index (χ0n) is 17.5. The topological polar surface area (TPSA) is 101 Å². The van der Waals surface area contributed by atoms with Crippen LogP contribution in [0.15, 0.2) is 60.9 Å². The summed E-state index contributed by atoms with van der Waals surface area (Å²) in [5, 5.41) is 17.8. The van der Waals surface area contributed by atoms with Crippen molar-refractivity contribution in [2.45, 2.75) is 30.8 Å². The molecule has 6 heteroatoms. The van der Waals surface area contributed by atoms with E-state index in [1.807, 2.05) is 48.7 Å². The van der Waals surface area contributed by atoms with Crippen molar-refractivity contribution in [1.29, 1.82) is 5.41 Å². The van der Waals surface area contributed by atoms with E-state index in [4.69, 9.17) is 20.6 Å². The molecular formula is C26H23N3O3. The number of aromatic nitrogens is 1. The molecule has 1 aliphatic heterocycles. The molecule has 1 aromatic heterocycles. The van der Waals surface area contributed by atoms with Crippen LogP contribution in [0.3, 0.4) is 0 Å². The number of benzene rings is 2. The van der Waals surface area contributed by atoms with Crippen molar-refractivity contribution in [3.05, 3.63) is 77.6 Å². The molecule has 2 aromatic carbocycles. The Kier molecular flexibility index (Phi) is 5.04. The largest absolute Gasteiger partial charge is 0.465 e. The van der Waals surface area contributed by atoms with Gasteiger partial charge in [-0.3, -0.25) is 10.4 Å². The van der Waals surface area contributed by atoms with Crippen LogP contribution in [0.4, 0.5) is 0 Å². The van der Waals surface area contributed by atoms with Gasteiger partial charge in [0, 0.05) is 34.6 Å². The third-order valence-corrected chi connectivity index (χ3v) is 6.01. The third kappa shape index (κ3) is 3.91. The van der Waals surface area contributed by atoms with Crippen LogP contribution < -0.4 is 10.5 Å². The van der Waals surface area contributed by atoms with Gasteiger partial charge in [-0.25, -0.2) is 0 Å². The Morgan fingerprint density at radius 3 is 2.62 bits per heavy atom. The second-order valence-electron chi connectivity index (χ2n) is 8.21. The number of nitrogens with zero attached hydrogens (tertiary/aromatic N) is 1. The number of amidine groups is 1. The monoisotopic (exact) mass is 425 g/mol. The van der Waals surface area contributed by atoms with E-state index in [1.165, 1.54) is 0 Å². The van der Waals surface area contributed by atoms with Crippen molar-refractivity contribution in [3.8, 4) is 34.5 Å². The summed E-state index contributed by atoms with van der Waals surface area (Å²) in [7, 11) is 0. The molecule has 160 valence electrons. The number of hydrogen-bond donors (Lipinski definition) is 3. The maximum Gasteiger partial charge on any atom is 0.279 e. The lowest BCUT2D eigenvalue weighted by Crippen LogP contribution is -2.34. The Balaban J connectivity index is 1.55. The normalized spacial score (nSPS) is 17.5. The van der Waals surface area contributed by atoms with E-state index in [0.29, 0.717) is 12.8 Å². The SMILES string of the molecule is N=C(N)OCC1c2cc(C#CC3(O)CCC3)ccc2Oc2ccc(-c3cccnc3)cc21. The van der Waals surface area contributed by atoms with Crippen molar-refractivity contribution in [3.63, 3.8) is 0 Å². The summed E-state index contributed by atoms with van der Waals surface area (Å²) in [5.74, 6) is 7.39. The van der Waals surface area contributed by atoms with Crippen LogP contribution in [0.5, 0.6) is 11.5 Å². The van der Waals surface area contributed by atoms with Gasteiger partial charge >= 0.3 is 0 Å². The van der Waals surface area contributed by atoms with E-state index in [-0.39, 0.29) is 18.5 Å². The van der Waals surface area contributed by atoms with Gasteiger partial charge in [-0.05, 0) is 61.2 Å². The van der Waals surface area contributed by atoms with E-state index in [9.17, 15) is 5.11 Å². The summed E-state index contributed by atoms with van der Waals surface area (Å²) in [4.78, 5) is 4.21. The molecule has 0 spiro atoms. The van der Waals surface area contributed by atoms with Crippen LogP contribution in [-0.2, 0) is 4.74 Å². The number of aliphatic hydroxyl groups is 1. The fraction of sp³-hybridized carbons (Fsp3) is 0.231. The summed E-state index contributed by atoms with van der Waals surface area (Å²) >= 11 is 0. The number of rotatable bonds is 3. The first-order valence-electron chi connectivity index (χ1n) is 10.6. The van der Waals surface area contributed by atoms with Gasteiger partial charge in [0.15, 0.2) is 0 Å². The van der Waals surface area contributed by atoms with Gasteiger partial charge in [0.1, 0.15) is 23.7 Å². The van der Waals surface area contributed by atoms with Gasteiger partial charge in [0.2, 0.25) is 0 Å². The minimum Gasteiger partial charge on any atom is -0.465 e. The van der Waals surface area contributed by atoms with E-state index < -0.39 is 5.60 Å². The Hall–Kier alpha value is -3.82. The Labute approximate surface area is 186 Å². The molecule has 2 heterocycles. The van der Waals surface area contributed by atoms with Gasteiger partial charge in [0.05, 0.1) is 5.92 Å². The highest BCUT2D eigenvalue weighted by atomic mass is 16.5. The summed E-state index contributed by atoms with van der Waals surface area (Å²) in [5.41, 5.74) is 9.29. The van der Waals surface area contributed by atoms with Gasteiger partial charge in [0.25, 0.3) is 6.02 Å². The molecule has 0 saturated heterocycles. The highest BCUT2D eigenvalue weighted by molar-refractivity contribution is 5.69. The van der Waals surface area contributed by atoms with E-state index in [2.05, 4.69) is 22.9 Å². The molecule has 5 rings (SSSR count). The zero-order valence-corrected chi connectivity index (χ0v) is 17.5. The molecule has 1 fully saturated rings. The minimum absolute atomic E-state index is 0.192. The summed E-state index contributed by atoms with van der Waals surface area (Å²) < 4.78 is 11.6. The molecule has 1 atom stereocenters. The molecule has 1 unspecified atom stereocenters. The molecule has 4 N–H and O–H groups in total. The Morgan fingerprint density at radius 2 is 1.94 bits per heavy atom. The predicted octanol–water partition coefficient (Wildman–Crippen LogP) is 4.16. The summed E-state index contributed by atoms with van der Waals surface area (Å²) in [6, 6.07) is 15.4. The molecule has 0 bridgehead atoms. The lowest BCUT2D eigenvalue weighted by molar-refractivity contribution is 0.0240. The average Bonchev–Trinajstić information content (AvgIpc) is 2.79. The molecular weight excluding hydrogens is 402 g/mol. The number of ether oxygens (including phenoxy) is 2. The Morgan fingerprint density at radius 1 is 1.16 bits per heavy atom. The fourth-order valence-electron chi connectivity index (χ4n) is 4.08. The van der Waals surface area contributed by atoms with Crippen LogP contribution in [-0.4, -0.2) is 28.3 Å². The van der Waals surface area contributed by atoms with Crippen LogP contribution >= 0.6 is 0 Å². The van der Waals surface area contributed by atoms with E-state index in [0.717, 1.165) is 45.7 Å². The van der Waals surface area contributed by atoms with Crippen molar-refractivity contribution >= 4 is 6.02 Å². The van der Waals surface area contributed by atoms with Crippen molar-refractivity contribution in [2.75, 3.05) is 6.61 Å². The summed E-state index contributed by atoms with van der Waals surface area (Å²) in [6.45, 7) is 0.204. The van der Waals surface area contributed by atoms with Gasteiger partial charge < -0.3 is 20.3 Å². The highest BCUT2D eigenvalue weighted by Crippen LogP contribution is 2.46. The number of pyridine rings is 1. The number of nitrogens with two attached hydrogens (primary N) is 1. The first-order valence-corrected chi connectivity index (χ1v) is 10.6. The fourth-order valence-corrected chi connectivity index (χ4v) is 4.08. The molecule has 32 heavy (non-hydrogen) atoms. The minimum atomic E-state index is -0.866. The lowest BCUT2D eigenvalue weighted by atomic mass is 9.81. The van der Waals surface area contributed by atoms with Crippen LogP contribution in [0, 0.1) is 17.3 Å². The molecule has 1 saturated carbocycles. The maximum absolute atomic E-state index is 10.3. The second kappa shape index (κ2) is 8.03. The zero-order chi connectivity index (χ0) is 22.1. The smallest absolute Gasteiger partial charge is 0.279 e. The van der Waals surface area contributed by atoms with Gasteiger partial charge in [-0.15, -0.1) is 0 Å². The average molecular weight is 425 g/mol. The first kappa shape index (κ1) is 20.1. The van der Waals surface area contributed by atoms with Gasteiger partial charge in [-0.2, -0.15) is 0 Å². The quantitative estimate of drug-likeness (QED) is 0.332. The van der Waals surface area contributed by atoms with E-state index in [1.54, 1.807) is 6.20 Å². The molecule has 3 aromatic rings. The Bertz CT molecular complexity index is 1240. The molecule has 1 aliphatic carbocycles. The van der Waals surface area contributed by atoms with Crippen LogP contribution in [0.25, 0.3) is 11.1 Å². The predicted molar refractivity (Wildman–Crippen MR) is 122 cm³/mol. The van der Waals surface area contributed by atoms with E-state index >= 15 is 0 Å². The number of hydrogen-bond acceptors (Lipinski definition) is 5. The first-order chi connectivity index (χ1) is 15.5. The van der Waals surface area contributed by atoms with Crippen molar-refractivity contribution in [2.24, 2.45) is 5.73 Å². The lowest BCUT2D eigenvalue weighted by Gasteiger charge is -2.31. The molecule has 0 radical (unpaired) electrons. The molecule has 2 aliphatic rings. The van der Waals surface area contributed by atoms with Crippen molar-refractivity contribution < 1.29 is 14.6 Å². The van der Waals surface area contributed by atoms with Gasteiger partial charge in [-0.1, -0.05) is 24.0 Å². The molecule has 6 nitrogen and oxygen atoms in total. The van der Waals surface area contributed by atoms with Crippen LogP contribution in [0.2, 0.25) is 0 Å².